The molecule has 0 saturated carbocycles. The first kappa shape index (κ1) is 11.4. The summed E-state index contributed by atoms with van der Waals surface area (Å²) in [7, 11) is 1.88. The number of aryl methyl sites for hydroxylation is 1. The third-order valence-electron chi connectivity index (χ3n) is 3.38. The van der Waals surface area contributed by atoms with Crippen LogP contribution >= 0.6 is 0 Å². The van der Waals surface area contributed by atoms with E-state index in [2.05, 4.69) is 20.5 Å². The lowest BCUT2D eigenvalue weighted by Crippen LogP contribution is -2.50. The van der Waals surface area contributed by atoms with E-state index >= 15 is 0 Å². The lowest BCUT2D eigenvalue weighted by Gasteiger charge is -2.27. The molecular formula is C13H14N6O. The highest BCUT2D eigenvalue weighted by Gasteiger charge is 2.21. The lowest BCUT2D eigenvalue weighted by molar-refractivity contribution is 0.138. The molecular weight excluding hydrogens is 256 g/mol. The zero-order valence-corrected chi connectivity index (χ0v) is 11.0. The van der Waals surface area contributed by atoms with Crippen LogP contribution in [0.4, 0.5) is 0 Å². The van der Waals surface area contributed by atoms with Gasteiger partial charge in [0.2, 0.25) is 5.88 Å². The smallest absolute Gasteiger partial charge is 0.241 e. The summed E-state index contributed by atoms with van der Waals surface area (Å²) in [4.78, 5) is 4.61. The Kier molecular flexibility index (Phi) is 2.46. The van der Waals surface area contributed by atoms with Crippen molar-refractivity contribution in [2.75, 3.05) is 13.1 Å². The molecule has 3 aromatic heterocycles. The summed E-state index contributed by atoms with van der Waals surface area (Å²) in [5, 5.41) is 11.6. The topological polar surface area (TPSA) is 69.3 Å². The van der Waals surface area contributed by atoms with Gasteiger partial charge < -0.3 is 10.1 Å². The quantitative estimate of drug-likeness (QED) is 0.749. The zero-order chi connectivity index (χ0) is 13.5. The Morgan fingerprint density at radius 2 is 2.20 bits per heavy atom. The van der Waals surface area contributed by atoms with Gasteiger partial charge in [-0.3, -0.25) is 4.68 Å². The van der Waals surface area contributed by atoms with Crippen molar-refractivity contribution < 1.29 is 4.74 Å². The van der Waals surface area contributed by atoms with Crippen molar-refractivity contribution in [3.05, 3.63) is 30.9 Å². The number of aromatic nitrogens is 5. The van der Waals surface area contributed by atoms with Crippen LogP contribution in [-0.2, 0) is 7.05 Å². The molecule has 0 unspecified atom stereocenters. The summed E-state index contributed by atoms with van der Waals surface area (Å²) in [6.07, 6.45) is 7.53. The van der Waals surface area contributed by atoms with Crippen molar-refractivity contribution in [1.29, 1.82) is 0 Å². The highest BCUT2D eigenvalue weighted by molar-refractivity contribution is 5.63. The first-order chi connectivity index (χ1) is 9.79. The predicted octanol–water partition coefficient (Wildman–Crippen LogP) is 0.480. The van der Waals surface area contributed by atoms with Gasteiger partial charge in [-0.05, 0) is 6.07 Å². The van der Waals surface area contributed by atoms with Crippen molar-refractivity contribution in [3.63, 3.8) is 0 Å². The second kappa shape index (κ2) is 4.31. The molecule has 0 aliphatic carbocycles. The fourth-order valence-electron chi connectivity index (χ4n) is 2.18. The minimum atomic E-state index is 0.186. The van der Waals surface area contributed by atoms with Gasteiger partial charge in [0.15, 0.2) is 0 Å². The molecule has 20 heavy (non-hydrogen) atoms. The Hall–Kier alpha value is -2.41. The maximum atomic E-state index is 5.93. The van der Waals surface area contributed by atoms with E-state index in [-0.39, 0.29) is 6.10 Å². The summed E-state index contributed by atoms with van der Waals surface area (Å²) < 4.78 is 9.47. The van der Waals surface area contributed by atoms with E-state index in [9.17, 15) is 0 Å². The summed E-state index contributed by atoms with van der Waals surface area (Å²) in [5.74, 6) is 0.621. The first-order valence-electron chi connectivity index (χ1n) is 6.50. The van der Waals surface area contributed by atoms with Crippen molar-refractivity contribution in [2.45, 2.75) is 6.10 Å². The second-order valence-corrected chi connectivity index (χ2v) is 4.89. The molecule has 1 N–H and O–H groups in total. The Bertz CT molecular complexity index is 757. The molecule has 4 rings (SSSR count). The number of nitrogens with one attached hydrogen (secondary N) is 1. The van der Waals surface area contributed by atoms with Gasteiger partial charge in [0.05, 0.1) is 24.3 Å². The SMILES string of the molecule is Cn1cc(-c2cn3nccc3c(OC3CNC3)n2)cn1. The van der Waals surface area contributed by atoms with Crippen LogP contribution in [0.15, 0.2) is 30.9 Å². The summed E-state index contributed by atoms with van der Waals surface area (Å²) in [5.41, 5.74) is 2.63. The molecule has 7 nitrogen and oxygen atoms in total. The fraction of sp³-hybridized carbons (Fsp3) is 0.308. The summed E-state index contributed by atoms with van der Waals surface area (Å²) in [6, 6.07) is 1.90. The fourth-order valence-corrected chi connectivity index (χ4v) is 2.18. The molecule has 0 bridgehead atoms. The van der Waals surface area contributed by atoms with Crippen LogP contribution in [0.5, 0.6) is 5.88 Å². The Labute approximate surface area is 115 Å². The van der Waals surface area contributed by atoms with Crippen LogP contribution in [0, 0.1) is 0 Å². The van der Waals surface area contributed by atoms with Crippen LogP contribution in [-0.4, -0.2) is 43.6 Å². The standard InChI is InChI=1S/C13H14N6O/c1-18-7-9(4-16-18)11-8-19-12(2-3-15-19)13(17-11)20-10-5-14-6-10/h2-4,7-8,10,14H,5-6H2,1H3. The van der Waals surface area contributed by atoms with E-state index in [4.69, 9.17) is 4.74 Å². The average molecular weight is 270 g/mol. The molecule has 1 saturated heterocycles. The van der Waals surface area contributed by atoms with E-state index in [0.29, 0.717) is 5.88 Å². The summed E-state index contributed by atoms with van der Waals surface area (Å²) in [6.45, 7) is 1.72. The number of rotatable bonds is 3. The van der Waals surface area contributed by atoms with Crippen molar-refractivity contribution in [3.8, 4) is 17.1 Å². The van der Waals surface area contributed by atoms with Crippen LogP contribution in [0.1, 0.15) is 0 Å². The number of fused-ring (bicyclic) bond motifs is 1. The third-order valence-corrected chi connectivity index (χ3v) is 3.38. The molecule has 0 amide bonds. The minimum Gasteiger partial charge on any atom is -0.470 e. The van der Waals surface area contributed by atoms with Gasteiger partial charge in [0.1, 0.15) is 11.6 Å². The van der Waals surface area contributed by atoms with Gasteiger partial charge in [0.25, 0.3) is 0 Å². The van der Waals surface area contributed by atoms with Gasteiger partial charge in [-0.1, -0.05) is 0 Å². The van der Waals surface area contributed by atoms with Gasteiger partial charge in [0, 0.05) is 31.9 Å². The number of hydrogen-bond acceptors (Lipinski definition) is 5. The summed E-state index contributed by atoms with van der Waals surface area (Å²) >= 11 is 0. The molecule has 1 fully saturated rings. The van der Waals surface area contributed by atoms with E-state index in [1.165, 1.54) is 0 Å². The average Bonchev–Trinajstić information content (AvgIpc) is 3.01. The molecule has 3 aromatic rings. The number of ether oxygens (including phenoxy) is 1. The van der Waals surface area contributed by atoms with E-state index < -0.39 is 0 Å². The normalized spacial score (nSPS) is 15.4. The first-order valence-corrected chi connectivity index (χ1v) is 6.50. The maximum Gasteiger partial charge on any atom is 0.241 e. The third kappa shape index (κ3) is 1.83. The van der Waals surface area contributed by atoms with Crippen molar-refractivity contribution in [2.24, 2.45) is 7.05 Å². The molecule has 0 aromatic carbocycles. The maximum absolute atomic E-state index is 5.93. The van der Waals surface area contributed by atoms with E-state index in [0.717, 1.165) is 29.9 Å². The highest BCUT2D eigenvalue weighted by Crippen LogP contribution is 2.24. The van der Waals surface area contributed by atoms with Crippen LogP contribution < -0.4 is 10.1 Å². The second-order valence-electron chi connectivity index (χ2n) is 4.89. The van der Waals surface area contributed by atoms with E-state index in [1.54, 1.807) is 21.6 Å². The molecule has 7 heteroatoms. The van der Waals surface area contributed by atoms with Gasteiger partial charge in [-0.15, -0.1) is 0 Å². The van der Waals surface area contributed by atoms with Crippen molar-refractivity contribution in [1.82, 2.24) is 29.7 Å². The van der Waals surface area contributed by atoms with Crippen LogP contribution in [0.3, 0.4) is 0 Å². The monoisotopic (exact) mass is 270 g/mol. The molecule has 102 valence electrons. The van der Waals surface area contributed by atoms with E-state index in [1.807, 2.05) is 25.5 Å². The molecule has 0 spiro atoms. The van der Waals surface area contributed by atoms with Gasteiger partial charge in [-0.25, -0.2) is 9.50 Å². The van der Waals surface area contributed by atoms with Gasteiger partial charge in [-0.2, -0.15) is 10.2 Å². The lowest BCUT2D eigenvalue weighted by atomic mass is 10.2. The Balaban J connectivity index is 1.81. The minimum absolute atomic E-state index is 0.186. The zero-order valence-electron chi connectivity index (χ0n) is 11.0. The number of hydrogen-bond donors (Lipinski definition) is 1. The Morgan fingerprint density at radius 3 is 2.90 bits per heavy atom. The molecule has 0 atom stereocenters. The van der Waals surface area contributed by atoms with Crippen LogP contribution in [0.2, 0.25) is 0 Å². The van der Waals surface area contributed by atoms with Gasteiger partial charge >= 0.3 is 0 Å². The van der Waals surface area contributed by atoms with Crippen molar-refractivity contribution >= 4 is 5.52 Å². The molecule has 1 aliphatic rings. The highest BCUT2D eigenvalue weighted by atomic mass is 16.5. The molecule has 4 heterocycles. The molecule has 1 aliphatic heterocycles. The largest absolute Gasteiger partial charge is 0.470 e. The van der Waals surface area contributed by atoms with Crippen LogP contribution in [0.25, 0.3) is 16.8 Å². The number of nitrogens with zero attached hydrogens (tertiary/aromatic N) is 5. The Morgan fingerprint density at radius 1 is 1.30 bits per heavy atom. The predicted molar refractivity (Wildman–Crippen MR) is 72.5 cm³/mol. The molecule has 0 radical (unpaired) electrons.